The van der Waals surface area contributed by atoms with E-state index in [4.69, 9.17) is 5.73 Å². The smallest absolute Gasteiger partial charge is 0.292 e. The zero-order valence-electron chi connectivity index (χ0n) is 10.3. The molecule has 6 nitrogen and oxygen atoms in total. The fourth-order valence-electron chi connectivity index (χ4n) is 1.95. The number of benzene rings is 1. The lowest BCUT2D eigenvalue weighted by atomic mass is 10.1. The largest absolute Gasteiger partial charge is 0.393 e. The summed E-state index contributed by atoms with van der Waals surface area (Å²) in [5, 5.41) is 13.5. The van der Waals surface area contributed by atoms with Crippen LogP contribution in [0.1, 0.15) is 16.8 Å². The Balaban J connectivity index is 1.98. The second-order valence-corrected chi connectivity index (χ2v) is 5.62. The zero-order chi connectivity index (χ0) is 13.8. The molecule has 1 aromatic carbocycles. The summed E-state index contributed by atoms with van der Waals surface area (Å²) in [5.74, 6) is 2.50. The quantitative estimate of drug-likeness (QED) is 0.497. The van der Waals surface area contributed by atoms with E-state index in [1.807, 2.05) is 11.8 Å². The summed E-state index contributed by atoms with van der Waals surface area (Å²) in [6, 6.07) is 4.03. The van der Waals surface area contributed by atoms with Crippen LogP contribution in [0, 0.1) is 16.0 Å². The molecule has 1 aliphatic heterocycles. The predicted molar refractivity (Wildman–Crippen MR) is 75.3 cm³/mol. The average molecular weight is 281 g/mol. The lowest BCUT2D eigenvalue weighted by Gasteiger charge is -2.10. The Labute approximate surface area is 114 Å². The Hall–Kier alpha value is -1.76. The Bertz CT molecular complexity index is 501. The van der Waals surface area contributed by atoms with Crippen molar-refractivity contribution in [3.8, 4) is 0 Å². The van der Waals surface area contributed by atoms with Crippen LogP contribution in [0.2, 0.25) is 0 Å². The molecular weight excluding hydrogens is 266 g/mol. The van der Waals surface area contributed by atoms with Crippen molar-refractivity contribution in [3.05, 3.63) is 33.9 Å². The van der Waals surface area contributed by atoms with Gasteiger partial charge in [-0.25, -0.2) is 0 Å². The topological polar surface area (TPSA) is 98.3 Å². The number of nitrogen functional groups attached to an aromatic ring is 1. The van der Waals surface area contributed by atoms with E-state index >= 15 is 0 Å². The Morgan fingerprint density at radius 3 is 2.95 bits per heavy atom. The lowest BCUT2D eigenvalue weighted by Crippen LogP contribution is -2.29. The first-order chi connectivity index (χ1) is 9.08. The standard InChI is InChI=1S/C12H15N3O3S/c13-10-5-9(1-2-11(10)15(17)18)12(16)14-6-8-3-4-19-7-8/h1-2,5,8H,3-4,6-7,13H2,(H,14,16). The highest BCUT2D eigenvalue weighted by Gasteiger charge is 2.18. The maximum atomic E-state index is 11.9. The first-order valence-electron chi connectivity index (χ1n) is 5.98. The highest BCUT2D eigenvalue weighted by atomic mass is 32.2. The van der Waals surface area contributed by atoms with Gasteiger partial charge in [-0.3, -0.25) is 14.9 Å². The molecule has 1 saturated heterocycles. The van der Waals surface area contributed by atoms with Crippen LogP contribution < -0.4 is 11.1 Å². The van der Waals surface area contributed by atoms with Crippen molar-refractivity contribution in [2.75, 3.05) is 23.8 Å². The molecule has 0 bridgehead atoms. The van der Waals surface area contributed by atoms with Crippen molar-refractivity contribution in [1.82, 2.24) is 5.32 Å². The molecule has 1 unspecified atom stereocenters. The minimum Gasteiger partial charge on any atom is -0.393 e. The monoisotopic (exact) mass is 281 g/mol. The Morgan fingerprint density at radius 2 is 2.37 bits per heavy atom. The number of amides is 1. The van der Waals surface area contributed by atoms with Crippen LogP contribution in [0.4, 0.5) is 11.4 Å². The van der Waals surface area contributed by atoms with Crippen molar-refractivity contribution < 1.29 is 9.72 Å². The maximum absolute atomic E-state index is 11.9. The molecule has 0 aromatic heterocycles. The molecular formula is C12H15N3O3S. The summed E-state index contributed by atoms with van der Waals surface area (Å²) >= 11 is 1.89. The van der Waals surface area contributed by atoms with Crippen LogP contribution in [0.5, 0.6) is 0 Å². The summed E-state index contributed by atoms with van der Waals surface area (Å²) in [6.45, 7) is 0.642. The van der Waals surface area contributed by atoms with Crippen molar-refractivity contribution in [2.24, 2.45) is 5.92 Å². The highest BCUT2D eigenvalue weighted by Crippen LogP contribution is 2.23. The van der Waals surface area contributed by atoms with Gasteiger partial charge in [0.1, 0.15) is 5.69 Å². The van der Waals surface area contributed by atoms with E-state index < -0.39 is 4.92 Å². The number of anilines is 1. The minimum absolute atomic E-state index is 0.00840. The number of nitro benzene ring substituents is 1. The lowest BCUT2D eigenvalue weighted by molar-refractivity contribution is -0.383. The SMILES string of the molecule is Nc1cc(C(=O)NCC2CCSC2)ccc1[N+](=O)[O-]. The van der Waals surface area contributed by atoms with Gasteiger partial charge in [0.15, 0.2) is 0 Å². The second-order valence-electron chi connectivity index (χ2n) is 4.47. The number of carbonyl (C=O) groups excluding carboxylic acids is 1. The molecule has 1 amide bonds. The van der Waals surface area contributed by atoms with Gasteiger partial charge in [0.2, 0.25) is 0 Å². The summed E-state index contributed by atoms with van der Waals surface area (Å²) in [5.41, 5.74) is 5.74. The minimum atomic E-state index is -0.563. The highest BCUT2D eigenvalue weighted by molar-refractivity contribution is 7.99. The van der Waals surface area contributed by atoms with Crippen LogP contribution in [0.15, 0.2) is 18.2 Å². The molecule has 1 atom stereocenters. The molecule has 1 aromatic rings. The third kappa shape index (κ3) is 3.37. The van der Waals surface area contributed by atoms with Crippen LogP contribution in [-0.4, -0.2) is 28.9 Å². The number of nitro groups is 1. The van der Waals surface area contributed by atoms with Gasteiger partial charge in [-0.15, -0.1) is 0 Å². The van der Waals surface area contributed by atoms with E-state index in [1.54, 1.807) is 0 Å². The van der Waals surface area contributed by atoms with Crippen molar-refractivity contribution in [2.45, 2.75) is 6.42 Å². The van der Waals surface area contributed by atoms with Gasteiger partial charge >= 0.3 is 0 Å². The molecule has 0 saturated carbocycles. The molecule has 7 heteroatoms. The number of carbonyl (C=O) groups is 1. The molecule has 0 spiro atoms. The van der Waals surface area contributed by atoms with Gasteiger partial charge in [0.25, 0.3) is 11.6 Å². The number of thioether (sulfide) groups is 1. The van der Waals surface area contributed by atoms with E-state index in [9.17, 15) is 14.9 Å². The molecule has 1 fully saturated rings. The normalized spacial score (nSPS) is 18.2. The number of hydrogen-bond acceptors (Lipinski definition) is 5. The van der Waals surface area contributed by atoms with E-state index in [-0.39, 0.29) is 17.3 Å². The molecule has 19 heavy (non-hydrogen) atoms. The van der Waals surface area contributed by atoms with Crippen LogP contribution in [-0.2, 0) is 0 Å². The molecule has 0 aliphatic carbocycles. The van der Waals surface area contributed by atoms with E-state index in [0.29, 0.717) is 18.0 Å². The molecule has 1 heterocycles. The van der Waals surface area contributed by atoms with Crippen molar-refractivity contribution in [3.63, 3.8) is 0 Å². The molecule has 2 rings (SSSR count). The van der Waals surface area contributed by atoms with Crippen LogP contribution in [0.3, 0.4) is 0 Å². The van der Waals surface area contributed by atoms with Crippen LogP contribution >= 0.6 is 11.8 Å². The van der Waals surface area contributed by atoms with Crippen molar-refractivity contribution >= 4 is 29.0 Å². The van der Waals surface area contributed by atoms with Gasteiger partial charge in [-0.1, -0.05) is 0 Å². The molecule has 1 aliphatic rings. The number of nitrogens with zero attached hydrogens (tertiary/aromatic N) is 1. The Morgan fingerprint density at radius 1 is 1.58 bits per heavy atom. The summed E-state index contributed by atoms with van der Waals surface area (Å²) in [4.78, 5) is 22.0. The fraction of sp³-hybridized carbons (Fsp3) is 0.417. The van der Waals surface area contributed by atoms with Crippen molar-refractivity contribution in [1.29, 1.82) is 0 Å². The number of hydrogen-bond donors (Lipinski definition) is 2. The summed E-state index contributed by atoms with van der Waals surface area (Å²) in [6.07, 6.45) is 1.12. The first kappa shape index (κ1) is 13.7. The van der Waals surface area contributed by atoms with Gasteiger partial charge in [0, 0.05) is 18.2 Å². The summed E-state index contributed by atoms with van der Waals surface area (Å²) < 4.78 is 0. The predicted octanol–water partition coefficient (Wildman–Crippen LogP) is 1.66. The number of nitrogens with one attached hydrogen (secondary N) is 1. The molecule has 3 N–H and O–H groups in total. The third-order valence-electron chi connectivity index (χ3n) is 3.06. The second kappa shape index (κ2) is 5.92. The molecule has 102 valence electrons. The fourth-order valence-corrected chi connectivity index (χ4v) is 3.23. The zero-order valence-corrected chi connectivity index (χ0v) is 11.1. The average Bonchev–Trinajstić information content (AvgIpc) is 2.88. The van der Waals surface area contributed by atoms with E-state index in [1.165, 1.54) is 18.2 Å². The number of nitrogens with two attached hydrogens (primary N) is 1. The Kier molecular flexibility index (Phi) is 4.26. The first-order valence-corrected chi connectivity index (χ1v) is 7.13. The van der Waals surface area contributed by atoms with Gasteiger partial charge in [-0.2, -0.15) is 11.8 Å². The molecule has 0 radical (unpaired) electrons. The van der Waals surface area contributed by atoms with Gasteiger partial charge in [-0.05, 0) is 36.0 Å². The third-order valence-corrected chi connectivity index (χ3v) is 4.29. The summed E-state index contributed by atoms with van der Waals surface area (Å²) in [7, 11) is 0. The van der Waals surface area contributed by atoms with Crippen LogP contribution in [0.25, 0.3) is 0 Å². The maximum Gasteiger partial charge on any atom is 0.292 e. The van der Waals surface area contributed by atoms with E-state index in [0.717, 1.165) is 17.9 Å². The van der Waals surface area contributed by atoms with E-state index in [2.05, 4.69) is 5.32 Å². The number of rotatable bonds is 4. The van der Waals surface area contributed by atoms with Gasteiger partial charge < -0.3 is 11.1 Å². The van der Waals surface area contributed by atoms with Gasteiger partial charge in [0.05, 0.1) is 4.92 Å².